The second-order valence-electron chi connectivity index (χ2n) is 6.67. The number of hydrogen-bond acceptors (Lipinski definition) is 6. The molecule has 1 aromatic carbocycles. The molecule has 1 aliphatic heterocycles. The number of hydrogen-bond donors (Lipinski definition) is 1. The highest BCUT2D eigenvalue weighted by atomic mass is 32.1. The Labute approximate surface area is 160 Å². The second-order valence-corrected chi connectivity index (χ2v) is 7.49. The summed E-state index contributed by atoms with van der Waals surface area (Å²) in [7, 11) is 0. The number of nitrogens with zero attached hydrogens (tertiary/aromatic N) is 4. The fourth-order valence-corrected chi connectivity index (χ4v) is 4.07. The number of aromatic nitrogens is 3. The molecule has 3 heterocycles. The smallest absolute Gasteiger partial charge is 0.307 e. The minimum absolute atomic E-state index is 0.0384. The fourth-order valence-electron chi connectivity index (χ4n) is 3.31. The summed E-state index contributed by atoms with van der Waals surface area (Å²) in [4.78, 5) is 35.8. The number of para-hydroxylation sites is 2. The Hall–Kier alpha value is -2.74. The highest BCUT2D eigenvalue weighted by Gasteiger charge is 2.20. The van der Waals surface area contributed by atoms with Crippen LogP contribution >= 0.6 is 11.3 Å². The van der Waals surface area contributed by atoms with Crippen molar-refractivity contribution in [2.24, 2.45) is 0 Å². The Morgan fingerprint density at radius 1 is 1.19 bits per heavy atom. The average Bonchev–Trinajstić information content (AvgIpc) is 3.30. The van der Waals surface area contributed by atoms with Crippen LogP contribution in [0.3, 0.4) is 0 Å². The van der Waals surface area contributed by atoms with Crippen molar-refractivity contribution in [2.45, 2.75) is 32.7 Å². The van der Waals surface area contributed by atoms with E-state index in [2.05, 4.69) is 15.2 Å². The van der Waals surface area contributed by atoms with Gasteiger partial charge < -0.3 is 14.8 Å². The number of anilines is 2. The molecule has 0 radical (unpaired) electrons. The van der Waals surface area contributed by atoms with E-state index in [0.717, 1.165) is 59.8 Å². The Kier molecular flexibility index (Phi) is 4.89. The number of carbonyl (C=O) groups excluding carboxylic acids is 1. The molecule has 1 N–H and O–H groups in total. The van der Waals surface area contributed by atoms with Crippen molar-refractivity contribution in [2.75, 3.05) is 23.3 Å². The Morgan fingerprint density at radius 2 is 1.89 bits per heavy atom. The third-order valence-corrected chi connectivity index (χ3v) is 5.64. The lowest BCUT2D eigenvalue weighted by Gasteiger charge is -2.20. The summed E-state index contributed by atoms with van der Waals surface area (Å²) >= 11 is 1.15. The van der Waals surface area contributed by atoms with Gasteiger partial charge in [-0.05, 0) is 31.9 Å². The molecular weight excluding hydrogens is 362 g/mol. The maximum atomic E-state index is 12.5. The lowest BCUT2D eigenvalue weighted by molar-refractivity contribution is -0.116. The van der Waals surface area contributed by atoms with E-state index < -0.39 is 0 Å². The molecule has 1 amide bonds. The van der Waals surface area contributed by atoms with Gasteiger partial charge in [-0.1, -0.05) is 23.5 Å². The molecule has 0 atom stereocenters. The molecule has 0 bridgehead atoms. The zero-order chi connectivity index (χ0) is 18.8. The number of nitrogens with one attached hydrogen (secondary N) is 1. The second kappa shape index (κ2) is 7.48. The van der Waals surface area contributed by atoms with Gasteiger partial charge in [0.05, 0.1) is 11.0 Å². The number of amides is 1. The molecule has 0 saturated carbocycles. The molecule has 0 aliphatic carbocycles. The summed E-state index contributed by atoms with van der Waals surface area (Å²) in [5, 5.41) is 4.72. The topological polar surface area (TPSA) is 80.1 Å². The third-order valence-electron chi connectivity index (χ3n) is 4.75. The van der Waals surface area contributed by atoms with Crippen LogP contribution in [0.15, 0.2) is 34.4 Å². The summed E-state index contributed by atoms with van der Waals surface area (Å²) in [5.74, 6) is 1.05. The van der Waals surface area contributed by atoms with Gasteiger partial charge in [0, 0.05) is 37.1 Å². The molecular formula is C19H21N5O2S. The van der Waals surface area contributed by atoms with Crippen LogP contribution < -0.4 is 15.1 Å². The molecule has 0 unspecified atom stereocenters. The summed E-state index contributed by atoms with van der Waals surface area (Å²) in [6, 6.07) is 7.66. The van der Waals surface area contributed by atoms with E-state index in [-0.39, 0.29) is 17.2 Å². The fraction of sp³-hybridized carbons (Fsp3) is 0.368. The molecule has 140 valence electrons. The van der Waals surface area contributed by atoms with Gasteiger partial charge in [0.1, 0.15) is 0 Å². The first-order chi connectivity index (χ1) is 13.1. The van der Waals surface area contributed by atoms with Crippen LogP contribution in [0.4, 0.5) is 11.6 Å². The van der Waals surface area contributed by atoms with Crippen molar-refractivity contribution in [1.29, 1.82) is 0 Å². The van der Waals surface area contributed by atoms with Crippen molar-refractivity contribution in [3.05, 3.63) is 45.0 Å². The van der Waals surface area contributed by atoms with E-state index in [4.69, 9.17) is 4.98 Å². The standard InChI is InChI=1S/C19H21N5O2S/c1-13-12-27-19(26)24(13)11-8-16(25)22-17-18(23-9-4-5-10-23)21-15-7-3-2-6-14(15)20-17/h2-3,6-7,12H,4-5,8-11H2,1H3,(H,20,22,25). The van der Waals surface area contributed by atoms with Crippen LogP contribution in [-0.2, 0) is 11.3 Å². The van der Waals surface area contributed by atoms with Gasteiger partial charge in [-0.2, -0.15) is 0 Å². The summed E-state index contributed by atoms with van der Waals surface area (Å²) in [6.45, 7) is 4.06. The van der Waals surface area contributed by atoms with Gasteiger partial charge in [0.15, 0.2) is 11.6 Å². The van der Waals surface area contributed by atoms with Crippen LogP contribution in [0.5, 0.6) is 0 Å². The summed E-state index contributed by atoms with van der Waals surface area (Å²) < 4.78 is 1.62. The van der Waals surface area contributed by atoms with Crippen LogP contribution in [-0.4, -0.2) is 33.5 Å². The molecule has 27 heavy (non-hydrogen) atoms. The van der Waals surface area contributed by atoms with Gasteiger partial charge in [0.25, 0.3) is 0 Å². The maximum Gasteiger partial charge on any atom is 0.307 e. The first-order valence-corrected chi connectivity index (χ1v) is 9.96. The zero-order valence-corrected chi connectivity index (χ0v) is 16.0. The highest BCUT2D eigenvalue weighted by molar-refractivity contribution is 7.07. The number of fused-ring (bicyclic) bond motifs is 1. The van der Waals surface area contributed by atoms with Gasteiger partial charge in [0.2, 0.25) is 5.91 Å². The molecule has 1 saturated heterocycles. The highest BCUT2D eigenvalue weighted by Crippen LogP contribution is 2.27. The Morgan fingerprint density at radius 3 is 2.56 bits per heavy atom. The van der Waals surface area contributed by atoms with Gasteiger partial charge >= 0.3 is 4.87 Å². The minimum Gasteiger partial charge on any atom is -0.354 e. The molecule has 2 aromatic heterocycles. The predicted octanol–water partition coefficient (Wildman–Crippen LogP) is 2.79. The Bertz CT molecular complexity index is 1040. The van der Waals surface area contributed by atoms with E-state index in [1.807, 2.05) is 31.2 Å². The van der Waals surface area contributed by atoms with Crippen molar-refractivity contribution in [3.8, 4) is 0 Å². The first-order valence-electron chi connectivity index (χ1n) is 9.08. The first kappa shape index (κ1) is 17.7. The van der Waals surface area contributed by atoms with Crippen LogP contribution in [0.1, 0.15) is 25.0 Å². The molecule has 4 rings (SSSR count). The summed E-state index contributed by atoms with van der Waals surface area (Å²) in [6.07, 6.45) is 2.44. The zero-order valence-electron chi connectivity index (χ0n) is 15.1. The number of aryl methyl sites for hydroxylation is 1. The largest absolute Gasteiger partial charge is 0.354 e. The monoisotopic (exact) mass is 383 g/mol. The van der Waals surface area contributed by atoms with E-state index >= 15 is 0 Å². The van der Waals surface area contributed by atoms with E-state index in [1.54, 1.807) is 9.95 Å². The van der Waals surface area contributed by atoms with Crippen molar-refractivity contribution < 1.29 is 4.79 Å². The number of benzene rings is 1. The van der Waals surface area contributed by atoms with Crippen LogP contribution in [0.25, 0.3) is 11.0 Å². The van der Waals surface area contributed by atoms with Crippen molar-refractivity contribution in [1.82, 2.24) is 14.5 Å². The normalized spacial score (nSPS) is 14.0. The van der Waals surface area contributed by atoms with E-state index in [9.17, 15) is 9.59 Å². The minimum atomic E-state index is -0.169. The van der Waals surface area contributed by atoms with Crippen LogP contribution in [0.2, 0.25) is 0 Å². The number of thiazole rings is 1. The van der Waals surface area contributed by atoms with Gasteiger partial charge in [-0.25, -0.2) is 9.97 Å². The van der Waals surface area contributed by atoms with Crippen molar-refractivity contribution in [3.63, 3.8) is 0 Å². The lowest BCUT2D eigenvalue weighted by Crippen LogP contribution is -2.24. The number of rotatable bonds is 5. The molecule has 7 nitrogen and oxygen atoms in total. The maximum absolute atomic E-state index is 12.5. The van der Waals surface area contributed by atoms with Crippen LogP contribution in [0, 0.1) is 6.92 Å². The molecule has 0 spiro atoms. The lowest BCUT2D eigenvalue weighted by atomic mass is 10.3. The van der Waals surface area contributed by atoms with Gasteiger partial charge in [-0.15, -0.1) is 0 Å². The Balaban J connectivity index is 1.57. The summed E-state index contributed by atoms with van der Waals surface area (Å²) in [5.41, 5.74) is 2.44. The average molecular weight is 383 g/mol. The van der Waals surface area contributed by atoms with E-state index in [1.165, 1.54) is 0 Å². The quantitative estimate of drug-likeness (QED) is 0.733. The van der Waals surface area contributed by atoms with E-state index in [0.29, 0.717) is 12.4 Å². The molecule has 3 aromatic rings. The number of carbonyl (C=O) groups is 1. The third kappa shape index (κ3) is 3.71. The van der Waals surface area contributed by atoms with Crippen molar-refractivity contribution >= 4 is 39.9 Å². The molecule has 1 aliphatic rings. The predicted molar refractivity (Wildman–Crippen MR) is 108 cm³/mol. The molecule has 1 fully saturated rings. The molecule has 8 heteroatoms. The van der Waals surface area contributed by atoms with Gasteiger partial charge in [-0.3, -0.25) is 9.59 Å². The SMILES string of the molecule is Cc1csc(=O)n1CCC(=O)Nc1nc2ccccc2nc1N1CCCC1.